The summed E-state index contributed by atoms with van der Waals surface area (Å²) in [5.41, 5.74) is 2.07. The SMILES string of the molecule is CN1CCN(C(=O)CN[C@H]2CC2c2ccc(OCc3cccc(F)c3)cc2)CC1. The third-order valence-corrected chi connectivity index (χ3v) is 5.76. The molecule has 2 aromatic carbocycles. The van der Waals surface area contributed by atoms with Crippen LogP contribution in [0.5, 0.6) is 5.75 Å². The zero-order valence-electron chi connectivity index (χ0n) is 16.8. The van der Waals surface area contributed by atoms with Crippen molar-refractivity contribution in [3.05, 3.63) is 65.5 Å². The van der Waals surface area contributed by atoms with Crippen LogP contribution in [0.3, 0.4) is 0 Å². The van der Waals surface area contributed by atoms with E-state index in [9.17, 15) is 9.18 Å². The Kier molecular flexibility index (Phi) is 6.11. The first kappa shape index (κ1) is 19.9. The molecule has 2 fully saturated rings. The summed E-state index contributed by atoms with van der Waals surface area (Å²) in [5.74, 6) is 1.17. The highest BCUT2D eigenvalue weighted by Gasteiger charge is 2.38. The number of piperazine rings is 1. The number of nitrogens with zero attached hydrogens (tertiary/aromatic N) is 2. The normalized spacial score (nSPS) is 21.8. The smallest absolute Gasteiger partial charge is 0.236 e. The molecule has 2 aromatic rings. The fourth-order valence-electron chi connectivity index (χ4n) is 3.78. The van der Waals surface area contributed by atoms with Gasteiger partial charge in [-0.05, 0) is 48.9 Å². The van der Waals surface area contributed by atoms with E-state index < -0.39 is 0 Å². The molecular formula is C23H28FN3O2. The number of ether oxygens (including phenoxy) is 1. The number of rotatable bonds is 7. The number of amides is 1. The number of hydrogen-bond acceptors (Lipinski definition) is 4. The monoisotopic (exact) mass is 397 g/mol. The molecule has 4 rings (SSSR count). The predicted octanol–water partition coefficient (Wildman–Crippen LogP) is 2.62. The van der Waals surface area contributed by atoms with Gasteiger partial charge in [-0.15, -0.1) is 0 Å². The van der Waals surface area contributed by atoms with Crippen LogP contribution in [0.15, 0.2) is 48.5 Å². The molecule has 29 heavy (non-hydrogen) atoms. The molecule has 2 atom stereocenters. The van der Waals surface area contributed by atoms with Crippen LogP contribution in [0.1, 0.15) is 23.5 Å². The summed E-state index contributed by atoms with van der Waals surface area (Å²) in [6.07, 6.45) is 1.06. The van der Waals surface area contributed by atoms with Gasteiger partial charge in [0.1, 0.15) is 18.2 Å². The lowest BCUT2D eigenvalue weighted by atomic mass is 10.1. The first-order chi connectivity index (χ1) is 14.1. The van der Waals surface area contributed by atoms with Crippen LogP contribution in [-0.4, -0.2) is 61.5 Å². The number of hydrogen-bond donors (Lipinski definition) is 1. The number of likely N-dealkylation sites (N-methyl/N-ethyl adjacent to an activating group) is 1. The van der Waals surface area contributed by atoms with Crippen LogP contribution in [-0.2, 0) is 11.4 Å². The molecule has 1 aliphatic heterocycles. The minimum Gasteiger partial charge on any atom is -0.489 e. The summed E-state index contributed by atoms with van der Waals surface area (Å²) in [5, 5.41) is 3.41. The van der Waals surface area contributed by atoms with Crippen LogP contribution in [0.4, 0.5) is 4.39 Å². The van der Waals surface area contributed by atoms with Gasteiger partial charge in [-0.2, -0.15) is 0 Å². The summed E-state index contributed by atoms with van der Waals surface area (Å²) in [7, 11) is 2.09. The second-order valence-electron chi connectivity index (χ2n) is 8.00. The lowest BCUT2D eigenvalue weighted by Crippen LogP contribution is -2.49. The van der Waals surface area contributed by atoms with Gasteiger partial charge in [-0.3, -0.25) is 4.79 Å². The van der Waals surface area contributed by atoms with Gasteiger partial charge in [0.05, 0.1) is 6.54 Å². The second kappa shape index (κ2) is 8.93. The Bertz CT molecular complexity index is 834. The molecule has 1 N–H and O–H groups in total. The molecule has 154 valence electrons. The van der Waals surface area contributed by atoms with Gasteiger partial charge in [0.25, 0.3) is 0 Å². The Morgan fingerprint density at radius 2 is 1.90 bits per heavy atom. The first-order valence-corrected chi connectivity index (χ1v) is 10.3. The number of nitrogens with one attached hydrogen (secondary N) is 1. The minimum absolute atomic E-state index is 0.199. The summed E-state index contributed by atoms with van der Waals surface area (Å²) in [4.78, 5) is 16.5. The first-order valence-electron chi connectivity index (χ1n) is 10.3. The Hall–Kier alpha value is -2.44. The highest BCUT2D eigenvalue weighted by molar-refractivity contribution is 5.78. The second-order valence-corrected chi connectivity index (χ2v) is 8.00. The number of benzene rings is 2. The lowest BCUT2D eigenvalue weighted by Gasteiger charge is -2.32. The van der Waals surface area contributed by atoms with Gasteiger partial charge < -0.3 is 19.9 Å². The molecule has 2 aliphatic rings. The van der Waals surface area contributed by atoms with E-state index in [1.54, 1.807) is 6.07 Å². The minimum atomic E-state index is -0.250. The van der Waals surface area contributed by atoms with Crippen molar-refractivity contribution in [2.24, 2.45) is 0 Å². The van der Waals surface area contributed by atoms with Crippen molar-refractivity contribution in [1.82, 2.24) is 15.1 Å². The van der Waals surface area contributed by atoms with Crippen LogP contribution in [0, 0.1) is 5.82 Å². The topological polar surface area (TPSA) is 44.8 Å². The van der Waals surface area contributed by atoms with Gasteiger partial charge >= 0.3 is 0 Å². The van der Waals surface area contributed by atoms with Crippen molar-refractivity contribution >= 4 is 5.91 Å². The molecule has 1 heterocycles. The fourth-order valence-corrected chi connectivity index (χ4v) is 3.78. The quantitative estimate of drug-likeness (QED) is 0.780. The van der Waals surface area contributed by atoms with Gasteiger partial charge in [0.15, 0.2) is 0 Å². The molecule has 0 aromatic heterocycles. The molecule has 0 bridgehead atoms. The Morgan fingerprint density at radius 3 is 2.62 bits per heavy atom. The number of carbonyl (C=O) groups excluding carboxylic acids is 1. The summed E-state index contributed by atoms with van der Waals surface area (Å²) in [6, 6.07) is 14.9. The third-order valence-electron chi connectivity index (χ3n) is 5.76. The van der Waals surface area contributed by atoms with E-state index in [0.29, 0.717) is 25.1 Å². The standard InChI is InChI=1S/C23H28FN3O2/c1-26-9-11-27(12-10-26)23(28)15-25-22-14-21(22)18-5-7-20(8-6-18)29-16-17-3-2-4-19(24)13-17/h2-8,13,21-22,25H,9-12,14-16H2,1H3/t21?,22-/m0/s1. The Morgan fingerprint density at radius 1 is 1.14 bits per heavy atom. The van der Waals surface area contributed by atoms with Crippen molar-refractivity contribution in [2.45, 2.75) is 25.0 Å². The molecule has 0 radical (unpaired) electrons. The highest BCUT2D eigenvalue weighted by Crippen LogP contribution is 2.41. The van der Waals surface area contributed by atoms with E-state index in [1.165, 1.54) is 17.7 Å². The maximum Gasteiger partial charge on any atom is 0.236 e. The highest BCUT2D eigenvalue weighted by atomic mass is 19.1. The van der Waals surface area contributed by atoms with Crippen molar-refractivity contribution in [3.63, 3.8) is 0 Å². The maximum atomic E-state index is 13.2. The van der Waals surface area contributed by atoms with Crippen LogP contribution < -0.4 is 10.1 Å². The predicted molar refractivity (Wildman–Crippen MR) is 110 cm³/mol. The molecule has 1 saturated heterocycles. The number of carbonyl (C=O) groups is 1. The van der Waals surface area contributed by atoms with Crippen LogP contribution >= 0.6 is 0 Å². The van der Waals surface area contributed by atoms with Gasteiger partial charge in [0, 0.05) is 38.1 Å². The maximum absolute atomic E-state index is 13.2. The van der Waals surface area contributed by atoms with Crippen molar-refractivity contribution in [1.29, 1.82) is 0 Å². The molecule has 1 saturated carbocycles. The largest absolute Gasteiger partial charge is 0.489 e. The van der Waals surface area contributed by atoms with E-state index >= 15 is 0 Å². The van der Waals surface area contributed by atoms with E-state index in [1.807, 2.05) is 23.1 Å². The van der Waals surface area contributed by atoms with E-state index in [0.717, 1.165) is 43.9 Å². The molecule has 0 spiro atoms. The Labute approximate surface area is 171 Å². The van der Waals surface area contributed by atoms with Gasteiger partial charge in [-0.25, -0.2) is 4.39 Å². The number of halogens is 1. The van der Waals surface area contributed by atoms with Crippen LogP contribution in [0.25, 0.3) is 0 Å². The Balaban J connectivity index is 1.21. The zero-order valence-corrected chi connectivity index (χ0v) is 16.8. The molecule has 1 amide bonds. The van der Waals surface area contributed by atoms with E-state index in [4.69, 9.17) is 4.74 Å². The van der Waals surface area contributed by atoms with Crippen LogP contribution in [0.2, 0.25) is 0 Å². The average molecular weight is 397 g/mol. The van der Waals surface area contributed by atoms with Gasteiger partial charge in [0.2, 0.25) is 5.91 Å². The summed E-state index contributed by atoms with van der Waals surface area (Å²) in [6.45, 7) is 4.31. The summed E-state index contributed by atoms with van der Waals surface area (Å²) < 4.78 is 19.0. The molecular weight excluding hydrogens is 369 g/mol. The lowest BCUT2D eigenvalue weighted by molar-refractivity contribution is -0.131. The summed E-state index contributed by atoms with van der Waals surface area (Å²) >= 11 is 0. The molecule has 1 aliphatic carbocycles. The average Bonchev–Trinajstić information content (AvgIpc) is 3.51. The zero-order chi connectivity index (χ0) is 20.2. The van der Waals surface area contributed by atoms with Crippen molar-refractivity contribution in [2.75, 3.05) is 39.8 Å². The van der Waals surface area contributed by atoms with E-state index in [-0.39, 0.29) is 11.7 Å². The molecule has 5 nitrogen and oxygen atoms in total. The van der Waals surface area contributed by atoms with Crippen molar-refractivity contribution < 1.29 is 13.9 Å². The van der Waals surface area contributed by atoms with Gasteiger partial charge in [-0.1, -0.05) is 24.3 Å². The van der Waals surface area contributed by atoms with Crippen molar-refractivity contribution in [3.8, 4) is 5.75 Å². The third kappa shape index (κ3) is 5.34. The van der Waals surface area contributed by atoms with E-state index in [2.05, 4.69) is 29.4 Å². The fraction of sp³-hybridized carbons (Fsp3) is 0.435. The molecule has 1 unspecified atom stereocenters. The molecule has 6 heteroatoms.